The highest BCUT2D eigenvalue weighted by Gasteiger charge is 2.50. The largest absolute Gasteiger partial charge is 0.441 e. The molecule has 160 valence electrons. The lowest BCUT2D eigenvalue weighted by molar-refractivity contribution is -0.130. The maximum absolute atomic E-state index is 13.2. The fourth-order valence-electron chi connectivity index (χ4n) is 5.36. The summed E-state index contributed by atoms with van der Waals surface area (Å²) >= 11 is 0. The van der Waals surface area contributed by atoms with Crippen molar-refractivity contribution >= 4 is 5.91 Å². The second kappa shape index (κ2) is 7.97. The smallest absolute Gasteiger partial charge is 0.228 e. The van der Waals surface area contributed by atoms with E-state index in [4.69, 9.17) is 4.42 Å². The van der Waals surface area contributed by atoms with Gasteiger partial charge in [0.2, 0.25) is 11.8 Å². The molecule has 0 spiro atoms. The molecule has 1 saturated heterocycles. The van der Waals surface area contributed by atoms with Crippen molar-refractivity contribution in [2.24, 2.45) is 11.8 Å². The van der Waals surface area contributed by atoms with Gasteiger partial charge in [-0.1, -0.05) is 48.5 Å². The maximum Gasteiger partial charge on any atom is 0.228 e. The van der Waals surface area contributed by atoms with E-state index in [1.165, 1.54) is 0 Å². The van der Waals surface area contributed by atoms with Crippen LogP contribution in [-0.2, 0) is 16.8 Å². The van der Waals surface area contributed by atoms with Gasteiger partial charge in [0.1, 0.15) is 5.76 Å². The van der Waals surface area contributed by atoms with Crippen LogP contribution < -0.4 is 0 Å². The highest BCUT2D eigenvalue weighted by atomic mass is 16.4. The molecule has 5 rings (SSSR count). The third-order valence-electron chi connectivity index (χ3n) is 7.05. The van der Waals surface area contributed by atoms with Crippen LogP contribution in [0.2, 0.25) is 0 Å². The summed E-state index contributed by atoms with van der Waals surface area (Å²) in [5, 5.41) is 11.6. The number of aryl methyl sites for hydroxylation is 1. The zero-order valence-corrected chi connectivity index (χ0v) is 17.8. The molecule has 1 aromatic heterocycles. The minimum Gasteiger partial charge on any atom is -0.441 e. The van der Waals surface area contributed by atoms with Crippen LogP contribution in [0, 0.1) is 18.8 Å². The Bertz CT molecular complexity index is 1060. The summed E-state index contributed by atoms with van der Waals surface area (Å²) in [6.45, 7) is 3.17. The van der Waals surface area contributed by atoms with Crippen molar-refractivity contribution in [2.45, 2.75) is 38.2 Å². The molecule has 3 atom stereocenters. The van der Waals surface area contributed by atoms with E-state index in [9.17, 15) is 9.90 Å². The van der Waals surface area contributed by atoms with Gasteiger partial charge < -0.3 is 14.4 Å². The Morgan fingerprint density at radius 2 is 1.84 bits per heavy atom. The first-order valence-corrected chi connectivity index (χ1v) is 11.1. The number of oxazole rings is 1. The van der Waals surface area contributed by atoms with Gasteiger partial charge in [0.15, 0.2) is 0 Å². The normalized spacial score (nSPS) is 25.4. The van der Waals surface area contributed by atoms with Crippen molar-refractivity contribution in [3.05, 3.63) is 77.7 Å². The van der Waals surface area contributed by atoms with Crippen molar-refractivity contribution in [2.75, 3.05) is 13.1 Å². The first-order valence-electron chi connectivity index (χ1n) is 11.1. The Balaban J connectivity index is 1.32. The van der Waals surface area contributed by atoms with Crippen LogP contribution in [0.15, 0.2) is 65.1 Å². The Labute approximate surface area is 182 Å². The molecule has 1 aliphatic heterocycles. The number of fused-ring (bicyclic) bond motifs is 1. The number of hydrogen-bond donors (Lipinski definition) is 1. The van der Waals surface area contributed by atoms with Crippen molar-refractivity contribution < 1.29 is 14.3 Å². The number of aromatic nitrogens is 1. The van der Waals surface area contributed by atoms with E-state index < -0.39 is 5.60 Å². The monoisotopic (exact) mass is 416 g/mol. The number of carbonyl (C=O) groups is 1. The molecule has 0 radical (unpaired) electrons. The van der Waals surface area contributed by atoms with Crippen LogP contribution in [0.4, 0.5) is 0 Å². The van der Waals surface area contributed by atoms with Crippen molar-refractivity contribution in [3.8, 4) is 11.5 Å². The number of hydrogen-bond acceptors (Lipinski definition) is 4. The summed E-state index contributed by atoms with van der Waals surface area (Å²) < 4.78 is 5.83. The van der Waals surface area contributed by atoms with Crippen LogP contribution >= 0.6 is 0 Å². The first kappa shape index (κ1) is 20.0. The van der Waals surface area contributed by atoms with Crippen LogP contribution in [0.5, 0.6) is 0 Å². The number of carbonyl (C=O) groups excluding carboxylic acids is 1. The van der Waals surface area contributed by atoms with E-state index in [1.54, 1.807) is 0 Å². The molecule has 1 N–H and O–H groups in total. The van der Waals surface area contributed by atoms with E-state index in [-0.39, 0.29) is 18.2 Å². The second-order valence-corrected chi connectivity index (χ2v) is 8.91. The predicted octanol–water partition coefficient (Wildman–Crippen LogP) is 4.34. The van der Waals surface area contributed by atoms with E-state index in [1.807, 2.05) is 72.5 Å². The Morgan fingerprint density at radius 3 is 2.58 bits per heavy atom. The van der Waals surface area contributed by atoms with Crippen LogP contribution in [0.1, 0.15) is 36.3 Å². The van der Waals surface area contributed by atoms with Gasteiger partial charge in [-0.25, -0.2) is 4.98 Å². The topological polar surface area (TPSA) is 66.6 Å². The SMILES string of the molecule is Cc1oc(-c2ccccc2)nc1CC(=O)N1C[C@H]2CCC[C@](O)(c3ccccc3)[C@H]2C1. The maximum atomic E-state index is 13.2. The Kier molecular flexibility index (Phi) is 5.14. The summed E-state index contributed by atoms with van der Waals surface area (Å²) in [7, 11) is 0. The average molecular weight is 417 g/mol. The first-order chi connectivity index (χ1) is 15.0. The van der Waals surface area contributed by atoms with Crippen molar-refractivity contribution in [3.63, 3.8) is 0 Å². The standard InChI is InChI=1S/C26H28N2O3/c1-18-23(27-25(31-18)19-9-4-2-5-10-19)15-24(29)28-16-20-11-8-14-26(30,22(20)17-28)21-12-6-3-7-13-21/h2-7,9-10,12-13,20,22,30H,8,11,14-17H2,1H3/t20-,22+,26+/m1/s1. The molecule has 2 aromatic carbocycles. The number of likely N-dealkylation sites (tertiary alicyclic amines) is 1. The minimum atomic E-state index is -0.858. The molecule has 2 fully saturated rings. The van der Waals surface area contributed by atoms with Crippen molar-refractivity contribution in [1.82, 2.24) is 9.88 Å². The number of rotatable bonds is 4. The van der Waals surface area contributed by atoms with Gasteiger partial charge in [0.25, 0.3) is 0 Å². The van der Waals surface area contributed by atoms with Gasteiger partial charge >= 0.3 is 0 Å². The zero-order valence-electron chi connectivity index (χ0n) is 17.8. The Hall–Kier alpha value is -2.92. The van der Waals surface area contributed by atoms with Crippen LogP contribution in [0.25, 0.3) is 11.5 Å². The van der Waals surface area contributed by atoms with Gasteiger partial charge in [-0.05, 0) is 49.8 Å². The summed E-state index contributed by atoms with van der Waals surface area (Å²) in [6.07, 6.45) is 3.02. The molecule has 3 aromatic rings. The van der Waals surface area contributed by atoms with E-state index in [2.05, 4.69) is 4.98 Å². The van der Waals surface area contributed by atoms with Gasteiger partial charge in [-0.3, -0.25) is 4.79 Å². The minimum absolute atomic E-state index is 0.0563. The quantitative estimate of drug-likeness (QED) is 0.687. The molecular formula is C26H28N2O3. The molecule has 31 heavy (non-hydrogen) atoms. The molecule has 0 unspecified atom stereocenters. The lowest BCUT2D eigenvalue weighted by Gasteiger charge is -2.41. The molecule has 2 heterocycles. The van der Waals surface area contributed by atoms with Crippen molar-refractivity contribution in [1.29, 1.82) is 0 Å². The number of nitrogens with zero attached hydrogens (tertiary/aromatic N) is 2. The summed E-state index contributed by atoms with van der Waals surface area (Å²) in [6, 6.07) is 19.7. The Morgan fingerprint density at radius 1 is 1.13 bits per heavy atom. The molecule has 1 saturated carbocycles. The van der Waals surface area contributed by atoms with Gasteiger partial charge in [-0.15, -0.1) is 0 Å². The lowest BCUT2D eigenvalue weighted by Crippen LogP contribution is -2.43. The summed E-state index contributed by atoms with van der Waals surface area (Å²) in [5.74, 6) is 1.70. The fourth-order valence-corrected chi connectivity index (χ4v) is 5.36. The van der Waals surface area contributed by atoms with E-state index in [0.717, 1.165) is 30.4 Å². The van der Waals surface area contributed by atoms with Crippen LogP contribution in [0.3, 0.4) is 0 Å². The molecule has 2 aliphatic rings. The van der Waals surface area contributed by atoms with E-state index in [0.29, 0.717) is 36.4 Å². The third kappa shape index (κ3) is 3.68. The zero-order chi connectivity index (χ0) is 21.4. The van der Waals surface area contributed by atoms with Crippen LogP contribution in [-0.4, -0.2) is 34.0 Å². The third-order valence-corrected chi connectivity index (χ3v) is 7.05. The average Bonchev–Trinajstić information content (AvgIpc) is 3.40. The van der Waals surface area contributed by atoms with Gasteiger partial charge in [0.05, 0.1) is 17.7 Å². The number of aliphatic hydroxyl groups is 1. The molecule has 0 bridgehead atoms. The van der Waals surface area contributed by atoms with Gasteiger partial charge in [-0.2, -0.15) is 0 Å². The second-order valence-electron chi connectivity index (χ2n) is 8.91. The molecule has 1 aliphatic carbocycles. The molecule has 1 amide bonds. The summed E-state index contributed by atoms with van der Waals surface area (Å²) in [4.78, 5) is 19.7. The van der Waals surface area contributed by atoms with Gasteiger partial charge in [0, 0.05) is 24.6 Å². The highest BCUT2D eigenvalue weighted by molar-refractivity contribution is 5.79. The highest BCUT2D eigenvalue weighted by Crippen LogP contribution is 2.48. The summed E-state index contributed by atoms with van der Waals surface area (Å²) in [5.41, 5.74) is 1.71. The lowest BCUT2D eigenvalue weighted by atomic mass is 9.67. The molecular weight excluding hydrogens is 388 g/mol. The molecule has 5 nitrogen and oxygen atoms in total. The molecule has 5 heteroatoms. The number of amides is 1. The predicted molar refractivity (Wildman–Crippen MR) is 118 cm³/mol. The van der Waals surface area contributed by atoms with E-state index >= 15 is 0 Å². The number of benzene rings is 2. The fraction of sp³-hybridized carbons (Fsp3) is 0.385.